The van der Waals surface area contributed by atoms with Crippen LogP contribution in [0.15, 0.2) is 112 Å². The lowest BCUT2D eigenvalue weighted by molar-refractivity contribution is 0.284. The second-order valence-electron chi connectivity index (χ2n) is 10.6. The number of aromatic nitrogens is 1. The number of hydrogen-bond donors (Lipinski definition) is 0. The molecule has 7 heteroatoms. The fourth-order valence-corrected chi connectivity index (χ4v) is 6.89. The Morgan fingerprint density at radius 2 is 1.67 bits per heavy atom. The number of fused-ring (bicyclic) bond motifs is 3. The molecule has 2 aliphatic rings. The molecule has 5 aromatic rings. The quantitative estimate of drug-likeness (QED) is 0.238. The smallest absolute Gasteiger partial charge is 0.271 e. The minimum atomic E-state index is -0.240. The summed E-state index contributed by atoms with van der Waals surface area (Å²) >= 11 is 1.42. The summed E-state index contributed by atoms with van der Waals surface area (Å²) in [4.78, 5) is 19.9. The van der Waals surface area contributed by atoms with Crippen molar-refractivity contribution < 1.29 is 14.2 Å². The third kappa shape index (κ3) is 5.06. The molecule has 0 saturated heterocycles. The van der Waals surface area contributed by atoms with Crippen LogP contribution < -0.4 is 29.1 Å². The van der Waals surface area contributed by atoms with Crippen molar-refractivity contribution >= 4 is 23.1 Å². The first-order chi connectivity index (χ1) is 21.1. The van der Waals surface area contributed by atoms with E-state index in [-0.39, 0.29) is 11.6 Å². The summed E-state index contributed by atoms with van der Waals surface area (Å²) in [7, 11) is 3.29. The standard InChI is InChI=1S/C36H30N2O4S/c1-40-27-16-13-26(14-17-27)34-29-18-15-25-10-6-7-11-28(25)33(29)37-36-38(34)35(39)32(43-36)21-24-12-19-30(31(20-24)41-2)42-22-23-8-4-3-5-9-23/h3-14,16-17,19-21,34H,15,18,22H2,1-2H3/b32-21-/t34-/m1/s1. The maximum absolute atomic E-state index is 14.1. The van der Waals surface area contributed by atoms with Crippen LogP contribution in [0.1, 0.15) is 40.3 Å². The minimum Gasteiger partial charge on any atom is -0.497 e. The van der Waals surface area contributed by atoms with Gasteiger partial charge in [0, 0.05) is 5.56 Å². The van der Waals surface area contributed by atoms with Gasteiger partial charge in [-0.15, -0.1) is 0 Å². The van der Waals surface area contributed by atoms with Gasteiger partial charge in [0.15, 0.2) is 16.3 Å². The molecule has 43 heavy (non-hydrogen) atoms. The molecule has 0 bridgehead atoms. The van der Waals surface area contributed by atoms with Gasteiger partial charge < -0.3 is 14.2 Å². The molecule has 0 radical (unpaired) electrons. The highest BCUT2D eigenvalue weighted by Crippen LogP contribution is 2.41. The van der Waals surface area contributed by atoms with Crippen molar-refractivity contribution in [3.63, 3.8) is 0 Å². The van der Waals surface area contributed by atoms with Gasteiger partial charge in [-0.25, -0.2) is 4.99 Å². The van der Waals surface area contributed by atoms with Crippen molar-refractivity contribution in [1.29, 1.82) is 0 Å². The van der Waals surface area contributed by atoms with E-state index >= 15 is 0 Å². The number of allylic oxidation sites excluding steroid dienone is 1. The highest BCUT2D eigenvalue weighted by molar-refractivity contribution is 7.07. The molecule has 6 nitrogen and oxygen atoms in total. The van der Waals surface area contributed by atoms with Crippen LogP contribution in [0.3, 0.4) is 0 Å². The van der Waals surface area contributed by atoms with Crippen LogP contribution in [-0.4, -0.2) is 18.8 Å². The van der Waals surface area contributed by atoms with E-state index in [0.29, 0.717) is 27.4 Å². The Balaban J connectivity index is 1.31. The van der Waals surface area contributed by atoms with E-state index < -0.39 is 0 Å². The molecule has 7 rings (SSSR count). The highest BCUT2D eigenvalue weighted by Gasteiger charge is 2.32. The van der Waals surface area contributed by atoms with E-state index in [0.717, 1.165) is 46.5 Å². The van der Waals surface area contributed by atoms with Crippen LogP contribution in [-0.2, 0) is 13.0 Å². The van der Waals surface area contributed by atoms with Gasteiger partial charge in [-0.3, -0.25) is 9.36 Å². The zero-order valence-corrected chi connectivity index (χ0v) is 24.8. The van der Waals surface area contributed by atoms with Gasteiger partial charge in [0.1, 0.15) is 12.4 Å². The predicted molar refractivity (Wildman–Crippen MR) is 170 cm³/mol. The summed E-state index contributed by atoms with van der Waals surface area (Å²) in [5, 5.41) is 0. The molecule has 0 saturated carbocycles. The molecule has 1 aliphatic carbocycles. The van der Waals surface area contributed by atoms with Crippen LogP contribution in [0.5, 0.6) is 17.2 Å². The number of methoxy groups -OCH3 is 2. The van der Waals surface area contributed by atoms with Crippen molar-refractivity contribution in [2.45, 2.75) is 25.5 Å². The molecular formula is C36H30N2O4S. The minimum absolute atomic E-state index is 0.0571. The van der Waals surface area contributed by atoms with Crippen molar-refractivity contribution in [1.82, 2.24) is 4.57 Å². The molecule has 2 heterocycles. The fourth-order valence-electron chi connectivity index (χ4n) is 5.89. The van der Waals surface area contributed by atoms with Gasteiger partial charge in [0.2, 0.25) is 0 Å². The number of ether oxygens (including phenoxy) is 3. The van der Waals surface area contributed by atoms with Crippen molar-refractivity contribution in [2.24, 2.45) is 4.99 Å². The Labute approximate surface area is 253 Å². The van der Waals surface area contributed by atoms with Gasteiger partial charge in [-0.2, -0.15) is 0 Å². The molecule has 0 spiro atoms. The molecule has 214 valence electrons. The Bertz CT molecular complexity index is 2020. The van der Waals surface area contributed by atoms with E-state index in [1.807, 2.05) is 71.3 Å². The average molecular weight is 587 g/mol. The van der Waals surface area contributed by atoms with Gasteiger partial charge in [0.05, 0.1) is 30.5 Å². The second kappa shape index (κ2) is 11.4. The van der Waals surface area contributed by atoms with Crippen LogP contribution in [0.2, 0.25) is 0 Å². The maximum atomic E-state index is 14.1. The first-order valence-electron chi connectivity index (χ1n) is 14.2. The predicted octanol–water partition coefficient (Wildman–Crippen LogP) is 5.91. The molecular weight excluding hydrogens is 556 g/mol. The number of benzene rings is 4. The monoisotopic (exact) mass is 586 g/mol. The lowest BCUT2D eigenvalue weighted by Gasteiger charge is -2.30. The van der Waals surface area contributed by atoms with Crippen LogP contribution in [0.4, 0.5) is 0 Å². The van der Waals surface area contributed by atoms with E-state index in [1.165, 1.54) is 22.5 Å². The summed E-state index contributed by atoms with van der Waals surface area (Å²) in [6.07, 6.45) is 3.67. The average Bonchev–Trinajstić information content (AvgIpc) is 3.37. The molecule has 0 N–H and O–H groups in total. The van der Waals surface area contributed by atoms with Crippen molar-refractivity contribution in [3.8, 4) is 17.2 Å². The van der Waals surface area contributed by atoms with Gasteiger partial charge in [-0.05, 0) is 71.0 Å². The first-order valence-corrected chi connectivity index (χ1v) is 15.1. The molecule has 0 fully saturated rings. The maximum Gasteiger partial charge on any atom is 0.271 e. The van der Waals surface area contributed by atoms with Gasteiger partial charge in [0.25, 0.3) is 5.56 Å². The van der Waals surface area contributed by atoms with Gasteiger partial charge in [-0.1, -0.05) is 84.1 Å². The Morgan fingerprint density at radius 1 is 0.884 bits per heavy atom. The topological polar surface area (TPSA) is 62.0 Å². The number of aryl methyl sites for hydroxylation is 1. The molecule has 4 aromatic carbocycles. The van der Waals surface area contributed by atoms with Crippen LogP contribution >= 0.6 is 11.3 Å². The van der Waals surface area contributed by atoms with Crippen molar-refractivity contribution in [3.05, 3.63) is 150 Å². The van der Waals surface area contributed by atoms with E-state index in [2.05, 4.69) is 36.4 Å². The second-order valence-corrected chi connectivity index (χ2v) is 11.6. The molecule has 1 atom stereocenters. The van der Waals surface area contributed by atoms with E-state index in [1.54, 1.807) is 14.2 Å². The molecule has 0 amide bonds. The third-order valence-corrected chi connectivity index (χ3v) is 9.01. The lowest BCUT2D eigenvalue weighted by Crippen LogP contribution is -2.38. The van der Waals surface area contributed by atoms with Crippen LogP contribution in [0.25, 0.3) is 11.8 Å². The third-order valence-electron chi connectivity index (χ3n) is 8.03. The van der Waals surface area contributed by atoms with E-state index in [4.69, 9.17) is 19.2 Å². The highest BCUT2D eigenvalue weighted by atomic mass is 32.1. The fraction of sp³-hybridized carbons (Fsp3) is 0.167. The molecule has 0 unspecified atom stereocenters. The summed E-state index contributed by atoms with van der Waals surface area (Å²) in [5.41, 5.74) is 7.50. The van der Waals surface area contributed by atoms with Crippen molar-refractivity contribution in [2.75, 3.05) is 14.2 Å². The van der Waals surface area contributed by atoms with E-state index in [9.17, 15) is 4.79 Å². The summed E-state index contributed by atoms with van der Waals surface area (Å²) < 4.78 is 19.6. The zero-order chi connectivity index (χ0) is 29.3. The Morgan fingerprint density at radius 3 is 2.47 bits per heavy atom. The summed E-state index contributed by atoms with van der Waals surface area (Å²) in [6.45, 7) is 0.439. The Kier molecular flexibility index (Phi) is 7.17. The Hall–Kier alpha value is -4.88. The summed E-state index contributed by atoms with van der Waals surface area (Å²) in [5.74, 6) is 2.04. The molecule has 1 aliphatic heterocycles. The van der Waals surface area contributed by atoms with Gasteiger partial charge >= 0.3 is 0 Å². The number of rotatable bonds is 7. The first kappa shape index (κ1) is 27.0. The number of thiazole rings is 1. The largest absolute Gasteiger partial charge is 0.497 e. The van der Waals surface area contributed by atoms with Crippen LogP contribution in [0, 0.1) is 0 Å². The number of nitrogens with zero attached hydrogens (tertiary/aromatic N) is 2. The number of hydrogen-bond acceptors (Lipinski definition) is 6. The molecule has 1 aromatic heterocycles. The lowest BCUT2D eigenvalue weighted by atomic mass is 9.83. The zero-order valence-electron chi connectivity index (χ0n) is 23.9. The summed E-state index contributed by atoms with van der Waals surface area (Å²) in [6, 6.07) is 32.0. The normalized spacial score (nSPS) is 15.7. The SMILES string of the molecule is COc1ccc([C@@H]2C3=C(N=c4s/c(=C\c5ccc(OCc6ccccc6)c(OC)c5)c(=O)n42)c2ccccc2CC3)cc1.